The number of aromatic nitrogens is 1. The average molecular weight is 1830 g/mol. The molecule has 17 atom stereocenters. The number of benzene rings is 4. The third kappa shape index (κ3) is 23.2. The lowest BCUT2D eigenvalue weighted by atomic mass is 9.50. The number of fused-ring (bicyclic) bond motifs is 3. The minimum absolute atomic E-state index is 0.00424. The highest BCUT2D eigenvalue weighted by Crippen LogP contribution is 2.66. The standard InChI is InChI=1S/C86H113ClN14O20S4/c1-46-21-20-27-64(118-11)86(116)69-71(119-81(115)99-86)83(6)45-84(7,121-83)85(69,41-66(105)101(9)62-38-51(35-46)39-63(117-10)67(62)87)120-80(114)47(2)100(8)65(104)32-34-122-125-82(4,5)70(72(90)106)98-78(112)61-44-124-123-43-60(95-73(107)55(89)36-49-22-14-12-15-23-49)77(111)93-58(37-50-28-30-53(103)31-29-50)75(109)94-59(40-52-42-91-56-25-18-17-24-54(52)56)76(110)92-57(26-16-13-19-33-88)74(108)97-68(48(3)102)79(113)96-61/h12,14-15,17-18,20-25,27-31,38-39,42,47-48,55,57-61,64,68-71,91,102-103,116H,13,16,19,26,32-37,40-41,43-45,88-89H2,1-11H3,(H2,90,106)(H,92,110)(H,93,111)(H,94,109)(H,95,107)(H,96,113)(H,97,108)(H,98,112)(H,99,115)/b27-20+,46-21+/t47-,48+,55+,57-,58-,59+,60-,61-,64+,68-,69?,70+,71-,83?,84+,85+,86+/m0/s1. The van der Waals surface area contributed by atoms with Crippen LogP contribution in [0.25, 0.3) is 10.9 Å². The maximum Gasteiger partial charge on any atom is 0.409 e. The predicted molar refractivity (Wildman–Crippen MR) is 476 cm³/mol. The van der Waals surface area contributed by atoms with Crippen molar-refractivity contribution in [3.05, 3.63) is 148 Å². The summed E-state index contributed by atoms with van der Waals surface area (Å²) in [6, 6.07) is 11.7. The number of aliphatic hydroxyl groups is 2. The van der Waals surface area contributed by atoms with E-state index in [-0.39, 0.29) is 78.0 Å². The van der Waals surface area contributed by atoms with Crippen LogP contribution in [-0.4, -0.2) is 248 Å². The van der Waals surface area contributed by atoms with E-state index in [0.717, 1.165) is 53.6 Å². The first kappa shape index (κ1) is 97.6. The second-order valence-corrected chi connectivity index (χ2v) is 39.1. The summed E-state index contributed by atoms with van der Waals surface area (Å²) in [7, 11) is 9.58. The number of nitrogens with one attached hydrogen (secondary N) is 9. The number of carbonyl (C=O) groups is 12. The molecule has 125 heavy (non-hydrogen) atoms. The Bertz CT molecular complexity index is 4850. The second kappa shape index (κ2) is 42.3. The zero-order valence-corrected chi connectivity index (χ0v) is 75.5. The summed E-state index contributed by atoms with van der Waals surface area (Å²) in [6.07, 6.45) is 1.46. The normalized spacial score (nSPS) is 27.6. The molecule has 11 rings (SSSR count). The number of H-pyrrole nitrogens is 1. The van der Waals surface area contributed by atoms with Gasteiger partial charge >= 0.3 is 12.1 Å². The summed E-state index contributed by atoms with van der Waals surface area (Å²) < 4.78 is 29.7. The SMILES string of the molecule is COc1cc2cc(c1Cl)N(C)C(=O)C[C@@]1(OC(=O)[C@H](C)N(C)C(=O)CCSSC(C)(C)[C@H](NC(=O)[C@@H]3CSSC[C@H](NC(=O)[C@H](N)Cc4ccccc4)C(=O)N[C@@H](Cc4ccc(O)cc4)C(=O)N[C@H](Cc4c[nH]c5ccccc45)C(=O)N[C@@H](CCCCCN)C(=O)N[C@@H]([C@@H](C)O)C(=O)N3)C(N)=O)C3[C@H](OC(=O)N[C@@]3(O)[C@H](OC)/C=C/C=C(\C)C2)C2(C)C[C@@]1(C)O2. The Morgan fingerprint density at radius 1 is 0.840 bits per heavy atom. The van der Waals surface area contributed by atoms with Crippen molar-refractivity contribution in [2.75, 3.05) is 57.0 Å². The van der Waals surface area contributed by atoms with Crippen molar-refractivity contribution in [3.63, 3.8) is 0 Å². The number of alkyl carbamates (subject to hydrolysis) is 1. The van der Waals surface area contributed by atoms with Gasteiger partial charge in [-0.1, -0.05) is 152 Å². The molecule has 4 aromatic carbocycles. The number of aromatic amines is 1. The Morgan fingerprint density at radius 3 is 2.17 bits per heavy atom. The van der Waals surface area contributed by atoms with Gasteiger partial charge < -0.3 is 108 Å². The van der Waals surface area contributed by atoms with E-state index in [1.807, 2.05) is 19.1 Å². The first-order chi connectivity index (χ1) is 59.2. The van der Waals surface area contributed by atoms with Crippen molar-refractivity contribution in [1.82, 2.24) is 52.4 Å². The van der Waals surface area contributed by atoms with E-state index in [0.29, 0.717) is 65.4 Å². The van der Waals surface area contributed by atoms with Gasteiger partial charge in [0.05, 0.1) is 37.3 Å². The molecular formula is C86H113ClN14O20S4. The number of amides is 11. The summed E-state index contributed by atoms with van der Waals surface area (Å²) in [5.74, 6) is -11.9. The van der Waals surface area contributed by atoms with Crippen LogP contribution < -0.4 is 69.4 Å². The number of primary amides is 1. The Morgan fingerprint density at radius 2 is 1.50 bits per heavy atom. The number of methoxy groups -OCH3 is 2. The van der Waals surface area contributed by atoms with E-state index in [1.54, 1.807) is 101 Å². The van der Waals surface area contributed by atoms with Crippen LogP contribution in [0.2, 0.25) is 5.02 Å². The molecule has 18 N–H and O–H groups in total. The average Bonchev–Trinajstić information content (AvgIpc) is 0.862. The predicted octanol–water partition coefficient (Wildman–Crippen LogP) is 4.23. The van der Waals surface area contributed by atoms with E-state index >= 15 is 28.8 Å². The molecule has 1 aliphatic carbocycles. The molecule has 0 spiro atoms. The van der Waals surface area contributed by atoms with Gasteiger partial charge in [-0.05, 0) is 133 Å². The molecule has 6 aliphatic rings. The smallest absolute Gasteiger partial charge is 0.409 e. The number of para-hydroxylation sites is 1. The molecule has 11 amide bonds. The molecule has 1 aromatic heterocycles. The fourth-order valence-electron chi connectivity index (χ4n) is 16.5. The Kier molecular flexibility index (Phi) is 33.0. The number of aromatic hydroxyl groups is 1. The fraction of sp³-hybridized carbons (Fsp3) is 0.512. The highest BCUT2D eigenvalue weighted by Gasteiger charge is 2.83. The van der Waals surface area contributed by atoms with Crippen molar-refractivity contribution in [2.45, 2.75) is 219 Å². The van der Waals surface area contributed by atoms with Crippen molar-refractivity contribution in [3.8, 4) is 11.5 Å². The van der Waals surface area contributed by atoms with Crippen LogP contribution in [0.15, 0.2) is 121 Å². The number of nitrogens with zero attached hydrogens (tertiary/aromatic N) is 2. The third-order valence-electron chi connectivity index (χ3n) is 23.4. The van der Waals surface area contributed by atoms with Crippen LogP contribution in [0.5, 0.6) is 11.5 Å². The number of likely N-dealkylation sites (N-methyl/N-ethyl adjacent to an activating group) is 1. The zero-order chi connectivity index (χ0) is 91.2. The number of rotatable bonds is 28. The lowest BCUT2D eigenvalue weighted by Gasteiger charge is -2.73. The van der Waals surface area contributed by atoms with Gasteiger partial charge in [-0.2, -0.15) is 0 Å². The van der Waals surface area contributed by atoms with E-state index < -0.39 is 183 Å². The van der Waals surface area contributed by atoms with Gasteiger partial charge in [0.2, 0.25) is 59.1 Å². The van der Waals surface area contributed by atoms with Crippen LogP contribution >= 0.6 is 54.8 Å². The minimum atomic E-state index is -2.49. The molecule has 2 unspecified atom stereocenters. The molecule has 4 saturated heterocycles. The quantitative estimate of drug-likeness (QED) is 0.0189. The van der Waals surface area contributed by atoms with Crippen LogP contribution in [0.4, 0.5) is 10.5 Å². The number of ether oxygens (including phenoxy) is 5. The maximum atomic E-state index is 15.3. The summed E-state index contributed by atoms with van der Waals surface area (Å²) in [5, 5.41) is 57.4. The number of phenols is 1. The molecule has 39 heteroatoms. The first-order valence-corrected chi connectivity index (χ1v) is 46.2. The molecular weight excluding hydrogens is 1710 g/mol. The lowest BCUT2D eigenvalue weighted by Crippen LogP contribution is -2.90. The highest BCUT2D eigenvalue weighted by molar-refractivity contribution is 8.77. The number of carbonyl (C=O) groups excluding carboxylic acids is 12. The second-order valence-electron chi connectivity index (χ2n) is 33.1. The Labute approximate surface area is 745 Å². The molecule has 678 valence electrons. The van der Waals surface area contributed by atoms with Crippen LogP contribution in [-0.2, 0) is 97.4 Å². The minimum Gasteiger partial charge on any atom is -0.508 e. The molecule has 1 saturated carbocycles. The number of nitrogens with two attached hydrogens (primary N) is 3. The summed E-state index contributed by atoms with van der Waals surface area (Å²) >= 11 is 6.97. The zero-order valence-electron chi connectivity index (χ0n) is 71.5. The number of allylic oxidation sites excluding steroid dienone is 3. The van der Waals surface area contributed by atoms with Crippen LogP contribution in [0.3, 0.4) is 0 Å². The van der Waals surface area contributed by atoms with Crippen LogP contribution in [0.1, 0.15) is 116 Å². The Balaban J connectivity index is 0.894. The van der Waals surface area contributed by atoms with Gasteiger partial charge in [0.15, 0.2) is 11.3 Å². The number of unbranched alkanes of at least 4 members (excludes halogenated alkanes) is 2. The summed E-state index contributed by atoms with van der Waals surface area (Å²) in [6.45, 7) is 11.2. The van der Waals surface area contributed by atoms with Gasteiger partial charge in [-0.15, -0.1) is 0 Å². The first-order valence-electron chi connectivity index (χ1n) is 41.1. The molecule has 5 aliphatic heterocycles. The van der Waals surface area contributed by atoms with Gasteiger partial charge in [0.1, 0.15) is 88.3 Å². The van der Waals surface area contributed by atoms with Gasteiger partial charge in [0.25, 0.3) is 0 Å². The highest BCUT2D eigenvalue weighted by atomic mass is 35.5. The van der Waals surface area contributed by atoms with Crippen molar-refractivity contribution in [1.29, 1.82) is 0 Å². The fourth-order valence-corrected chi connectivity index (χ4v) is 21.7. The number of hydrogen-bond acceptors (Lipinski definition) is 26. The summed E-state index contributed by atoms with van der Waals surface area (Å²) in [4.78, 5) is 183. The maximum absolute atomic E-state index is 15.3. The van der Waals surface area contributed by atoms with Gasteiger partial charge in [-0.25, -0.2) is 9.59 Å². The van der Waals surface area contributed by atoms with Gasteiger partial charge in [-0.3, -0.25) is 53.3 Å². The largest absolute Gasteiger partial charge is 0.508 e. The van der Waals surface area contributed by atoms with Crippen molar-refractivity contribution < 1.29 is 96.5 Å². The molecule has 5 fully saturated rings. The van der Waals surface area contributed by atoms with Crippen molar-refractivity contribution >= 4 is 143 Å². The molecule has 34 nitrogen and oxygen atoms in total. The number of hydrogen-bond donors (Lipinski definition) is 15. The molecule has 5 aromatic rings. The third-order valence-corrected chi connectivity index (χ3v) is 29.5. The monoisotopic (exact) mass is 1820 g/mol. The number of anilines is 1. The number of phenolic OH excluding ortho intramolecular Hbond substituents is 1. The van der Waals surface area contributed by atoms with Crippen LogP contribution in [0, 0.1) is 5.92 Å². The molecule has 4 bridgehead atoms. The lowest BCUT2D eigenvalue weighted by molar-refractivity contribution is -0.431. The molecule has 6 heterocycles. The number of aliphatic hydroxyl groups excluding tert-OH is 1. The van der Waals surface area contributed by atoms with E-state index in [4.69, 9.17) is 52.5 Å². The topological polar surface area (TPSA) is 508 Å². The van der Waals surface area contributed by atoms with E-state index in [1.165, 1.54) is 77.4 Å². The number of halogens is 1. The van der Waals surface area contributed by atoms with Gasteiger partial charge in [0, 0.05) is 86.0 Å². The number of esters is 1. The molecule has 0 radical (unpaired) electrons. The van der Waals surface area contributed by atoms with E-state index in [2.05, 4.69) is 47.5 Å². The van der Waals surface area contributed by atoms with Crippen molar-refractivity contribution in [2.24, 2.45) is 23.1 Å². The Hall–Kier alpha value is -9.61. The summed E-state index contributed by atoms with van der Waals surface area (Å²) in [5.41, 5.74) is 15.1. The van der Waals surface area contributed by atoms with E-state index in [9.17, 15) is 44.1 Å².